The van der Waals surface area contributed by atoms with E-state index in [1.807, 2.05) is 0 Å². The van der Waals surface area contributed by atoms with E-state index in [9.17, 15) is 4.79 Å². The Morgan fingerprint density at radius 2 is 2.08 bits per heavy atom. The number of nitrogens with one attached hydrogen (secondary N) is 1. The molecule has 0 bridgehead atoms. The number of nitrogens with zero attached hydrogens (tertiary/aromatic N) is 5. The van der Waals surface area contributed by atoms with Gasteiger partial charge in [-0.1, -0.05) is 6.42 Å². The van der Waals surface area contributed by atoms with Gasteiger partial charge in [-0.25, -0.2) is 14.6 Å². The van der Waals surface area contributed by atoms with E-state index >= 15 is 0 Å². The van der Waals surface area contributed by atoms with Crippen molar-refractivity contribution in [2.24, 2.45) is 5.92 Å². The van der Waals surface area contributed by atoms with Crippen LogP contribution in [0.25, 0.3) is 5.82 Å². The molecule has 2 aromatic heterocycles. The highest BCUT2D eigenvalue weighted by molar-refractivity contribution is 5.92. The first-order valence-electron chi connectivity index (χ1n) is 8.30. The molecule has 4 rings (SSSR count). The molecular weight excluding hydrogens is 308 g/mol. The minimum atomic E-state index is 0.0805. The molecule has 0 aromatic carbocycles. The standard InChI is InChI=1S/C16H20N6O2/c23-16(12-2-1-3-12)20-13-8-19-22(10-13)15-14(9-17-11-18-15)21-4-6-24-7-5-21/h8-12H,1-7H2,(H,20,23). The third-order valence-electron chi connectivity index (χ3n) is 4.57. The monoisotopic (exact) mass is 328 g/mol. The van der Waals surface area contributed by atoms with Gasteiger partial charge in [0, 0.05) is 19.0 Å². The van der Waals surface area contributed by atoms with Gasteiger partial charge in [0.1, 0.15) is 12.0 Å². The van der Waals surface area contributed by atoms with Gasteiger partial charge in [0.15, 0.2) is 5.82 Å². The van der Waals surface area contributed by atoms with Gasteiger partial charge in [-0.15, -0.1) is 0 Å². The van der Waals surface area contributed by atoms with Crippen LogP contribution < -0.4 is 10.2 Å². The Balaban J connectivity index is 1.54. The van der Waals surface area contributed by atoms with Gasteiger partial charge < -0.3 is 15.0 Å². The van der Waals surface area contributed by atoms with Crippen molar-refractivity contribution in [3.63, 3.8) is 0 Å². The summed E-state index contributed by atoms with van der Waals surface area (Å²) in [7, 11) is 0. The van der Waals surface area contributed by atoms with Gasteiger partial charge in [-0.05, 0) is 12.8 Å². The van der Waals surface area contributed by atoms with Crippen molar-refractivity contribution in [3.8, 4) is 5.82 Å². The van der Waals surface area contributed by atoms with Crippen molar-refractivity contribution >= 4 is 17.3 Å². The summed E-state index contributed by atoms with van der Waals surface area (Å²) in [6, 6.07) is 0. The molecule has 2 fully saturated rings. The fourth-order valence-electron chi connectivity index (χ4n) is 2.94. The van der Waals surface area contributed by atoms with Crippen molar-refractivity contribution < 1.29 is 9.53 Å². The van der Waals surface area contributed by atoms with Crippen molar-refractivity contribution in [2.45, 2.75) is 19.3 Å². The van der Waals surface area contributed by atoms with Crippen LogP contribution in [0.5, 0.6) is 0 Å². The Morgan fingerprint density at radius 3 is 2.83 bits per heavy atom. The Hall–Kier alpha value is -2.48. The molecule has 3 heterocycles. The van der Waals surface area contributed by atoms with Crippen LogP contribution >= 0.6 is 0 Å². The molecule has 2 aliphatic rings. The van der Waals surface area contributed by atoms with Gasteiger partial charge in [0.05, 0.1) is 37.5 Å². The molecule has 1 aliphatic heterocycles. The van der Waals surface area contributed by atoms with E-state index in [0.717, 1.165) is 38.0 Å². The summed E-state index contributed by atoms with van der Waals surface area (Å²) in [6.45, 7) is 2.98. The minimum absolute atomic E-state index is 0.0805. The van der Waals surface area contributed by atoms with Gasteiger partial charge in [-0.3, -0.25) is 4.79 Å². The molecule has 0 radical (unpaired) electrons. The molecule has 126 valence electrons. The van der Waals surface area contributed by atoms with Gasteiger partial charge >= 0.3 is 0 Å². The molecule has 1 amide bonds. The van der Waals surface area contributed by atoms with E-state index in [-0.39, 0.29) is 11.8 Å². The number of morpholine rings is 1. The summed E-state index contributed by atoms with van der Waals surface area (Å²) < 4.78 is 7.08. The normalized spacial score (nSPS) is 18.2. The first-order chi connectivity index (χ1) is 11.8. The number of rotatable bonds is 4. The summed E-state index contributed by atoms with van der Waals surface area (Å²) in [5.41, 5.74) is 1.61. The summed E-state index contributed by atoms with van der Waals surface area (Å²) in [4.78, 5) is 22.8. The number of amides is 1. The lowest BCUT2D eigenvalue weighted by atomic mass is 9.85. The summed E-state index contributed by atoms with van der Waals surface area (Å²) in [5.74, 6) is 0.934. The van der Waals surface area contributed by atoms with Crippen LogP contribution in [-0.4, -0.2) is 52.0 Å². The fraction of sp³-hybridized carbons (Fsp3) is 0.500. The van der Waals surface area contributed by atoms with Crippen LogP contribution in [-0.2, 0) is 9.53 Å². The molecule has 8 heteroatoms. The van der Waals surface area contributed by atoms with Crippen LogP contribution in [0.4, 0.5) is 11.4 Å². The first-order valence-corrected chi connectivity index (χ1v) is 8.30. The zero-order chi connectivity index (χ0) is 16.4. The maximum atomic E-state index is 12.1. The molecule has 1 saturated carbocycles. The molecule has 24 heavy (non-hydrogen) atoms. The quantitative estimate of drug-likeness (QED) is 0.909. The fourth-order valence-corrected chi connectivity index (χ4v) is 2.94. The molecule has 2 aromatic rings. The van der Waals surface area contributed by atoms with Crippen LogP contribution in [0, 0.1) is 5.92 Å². The summed E-state index contributed by atoms with van der Waals surface area (Å²) in [5, 5.41) is 7.29. The average molecular weight is 328 g/mol. The average Bonchev–Trinajstić information content (AvgIpc) is 3.02. The predicted octanol–water partition coefficient (Wildman–Crippen LogP) is 1.24. The number of aromatic nitrogens is 4. The zero-order valence-electron chi connectivity index (χ0n) is 13.4. The number of carbonyl (C=O) groups is 1. The van der Waals surface area contributed by atoms with Crippen LogP contribution in [0.15, 0.2) is 24.9 Å². The number of carbonyl (C=O) groups excluding carboxylic acids is 1. The van der Waals surface area contributed by atoms with Crippen LogP contribution in [0.2, 0.25) is 0 Å². The zero-order valence-corrected chi connectivity index (χ0v) is 13.4. The third-order valence-corrected chi connectivity index (χ3v) is 4.57. The number of hydrogen-bond acceptors (Lipinski definition) is 6. The molecular formula is C16H20N6O2. The van der Waals surface area contributed by atoms with Gasteiger partial charge in [-0.2, -0.15) is 5.10 Å². The van der Waals surface area contributed by atoms with Crippen molar-refractivity contribution in [3.05, 3.63) is 24.9 Å². The third kappa shape index (κ3) is 2.96. The van der Waals surface area contributed by atoms with E-state index in [2.05, 4.69) is 25.3 Å². The van der Waals surface area contributed by atoms with E-state index in [1.165, 1.54) is 6.33 Å². The lowest BCUT2D eigenvalue weighted by molar-refractivity contribution is -0.122. The maximum Gasteiger partial charge on any atom is 0.227 e. The van der Waals surface area contributed by atoms with Crippen LogP contribution in [0.3, 0.4) is 0 Å². The van der Waals surface area contributed by atoms with Gasteiger partial charge in [0.25, 0.3) is 0 Å². The second kappa shape index (κ2) is 6.56. The maximum absolute atomic E-state index is 12.1. The molecule has 0 unspecified atom stereocenters. The Kier molecular flexibility index (Phi) is 4.12. The lowest BCUT2D eigenvalue weighted by Crippen LogP contribution is -2.37. The largest absolute Gasteiger partial charge is 0.378 e. The van der Waals surface area contributed by atoms with Crippen LogP contribution in [0.1, 0.15) is 19.3 Å². The molecule has 1 aliphatic carbocycles. The Bertz CT molecular complexity index is 721. The highest BCUT2D eigenvalue weighted by atomic mass is 16.5. The van der Waals surface area contributed by atoms with E-state index < -0.39 is 0 Å². The first kappa shape index (κ1) is 15.1. The van der Waals surface area contributed by atoms with Crippen molar-refractivity contribution in [2.75, 3.05) is 36.5 Å². The van der Waals surface area contributed by atoms with E-state index in [0.29, 0.717) is 24.7 Å². The van der Waals surface area contributed by atoms with Gasteiger partial charge in [0.2, 0.25) is 5.91 Å². The predicted molar refractivity (Wildman–Crippen MR) is 88.2 cm³/mol. The smallest absolute Gasteiger partial charge is 0.227 e. The second-order valence-electron chi connectivity index (χ2n) is 6.12. The Morgan fingerprint density at radius 1 is 1.25 bits per heavy atom. The van der Waals surface area contributed by atoms with Crippen molar-refractivity contribution in [1.82, 2.24) is 19.7 Å². The molecule has 0 atom stereocenters. The summed E-state index contributed by atoms with van der Waals surface area (Å²) >= 11 is 0. The number of anilines is 2. The van der Waals surface area contributed by atoms with E-state index in [1.54, 1.807) is 23.3 Å². The highest BCUT2D eigenvalue weighted by Gasteiger charge is 2.25. The molecule has 0 spiro atoms. The number of ether oxygens (including phenoxy) is 1. The summed E-state index contributed by atoms with van der Waals surface area (Å²) in [6.07, 6.45) is 9.85. The minimum Gasteiger partial charge on any atom is -0.378 e. The van der Waals surface area contributed by atoms with E-state index in [4.69, 9.17) is 4.74 Å². The SMILES string of the molecule is O=C(Nc1cnn(-c2ncncc2N2CCOCC2)c1)C1CCC1. The molecule has 1 N–H and O–H groups in total. The lowest BCUT2D eigenvalue weighted by Gasteiger charge is -2.29. The van der Waals surface area contributed by atoms with Crippen molar-refractivity contribution in [1.29, 1.82) is 0 Å². The topological polar surface area (TPSA) is 85.2 Å². The second-order valence-corrected chi connectivity index (χ2v) is 6.12. The molecule has 1 saturated heterocycles. The Labute approximate surface area is 139 Å². The molecule has 8 nitrogen and oxygen atoms in total. The number of hydrogen-bond donors (Lipinski definition) is 1. The highest BCUT2D eigenvalue weighted by Crippen LogP contribution is 2.28.